The third-order valence-corrected chi connectivity index (χ3v) is 2.95. The second kappa shape index (κ2) is 6.21. The third kappa shape index (κ3) is 3.43. The summed E-state index contributed by atoms with van der Waals surface area (Å²) in [4.78, 5) is 11.5. The van der Waals surface area contributed by atoms with E-state index in [0.717, 1.165) is 5.56 Å². The fourth-order valence-electron chi connectivity index (χ4n) is 1.83. The molecular formula is C14H19NO2. The zero-order chi connectivity index (χ0) is 12.7. The predicted octanol–water partition coefficient (Wildman–Crippen LogP) is 2.24. The Labute approximate surface area is 102 Å². The Morgan fingerprint density at radius 3 is 2.59 bits per heavy atom. The Morgan fingerprint density at radius 1 is 1.47 bits per heavy atom. The molecular weight excluding hydrogens is 214 g/mol. The van der Waals surface area contributed by atoms with E-state index >= 15 is 0 Å². The highest BCUT2D eigenvalue weighted by Gasteiger charge is 2.35. The Morgan fingerprint density at radius 2 is 2.12 bits per heavy atom. The van der Waals surface area contributed by atoms with E-state index in [0.29, 0.717) is 19.4 Å². The quantitative estimate of drug-likeness (QED) is 0.710. The van der Waals surface area contributed by atoms with E-state index in [1.54, 1.807) is 6.08 Å². The van der Waals surface area contributed by atoms with Gasteiger partial charge in [-0.2, -0.15) is 0 Å². The summed E-state index contributed by atoms with van der Waals surface area (Å²) in [5, 5.41) is 12.5. The molecule has 1 aromatic carbocycles. The van der Waals surface area contributed by atoms with Gasteiger partial charge in [-0.1, -0.05) is 43.3 Å². The van der Waals surface area contributed by atoms with E-state index < -0.39 is 11.5 Å². The summed E-state index contributed by atoms with van der Waals surface area (Å²) in [6.07, 6.45) is 2.69. The first kappa shape index (κ1) is 13.5. The topological polar surface area (TPSA) is 49.3 Å². The van der Waals surface area contributed by atoms with Gasteiger partial charge in [-0.15, -0.1) is 6.58 Å². The smallest absolute Gasteiger partial charge is 0.324 e. The molecule has 0 amide bonds. The first-order valence-corrected chi connectivity index (χ1v) is 5.78. The summed E-state index contributed by atoms with van der Waals surface area (Å²) < 4.78 is 0. The molecule has 0 aliphatic heterocycles. The molecule has 0 aliphatic rings. The van der Waals surface area contributed by atoms with Crippen molar-refractivity contribution in [1.82, 2.24) is 5.32 Å². The highest BCUT2D eigenvalue weighted by molar-refractivity contribution is 5.79. The number of carboxylic acids is 1. The number of hydrogen-bond donors (Lipinski definition) is 2. The molecule has 0 saturated carbocycles. The highest BCUT2D eigenvalue weighted by atomic mass is 16.4. The molecule has 1 atom stereocenters. The van der Waals surface area contributed by atoms with Crippen LogP contribution in [0.5, 0.6) is 0 Å². The molecule has 1 unspecified atom stereocenters. The number of aliphatic carboxylic acids is 1. The normalized spacial score (nSPS) is 13.9. The van der Waals surface area contributed by atoms with Crippen LogP contribution >= 0.6 is 0 Å². The molecule has 0 aliphatic carbocycles. The number of rotatable bonds is 7. The summed E-state index contributed by atoms with van der Waals surface area (Å²) in [5.74, 6) is -0.814. The number of benzene rings is 1. The molecule has 2 N–H and O–H groups in total. The van der Waals surface area contributed by atoms with E-state index in [-0.39, 0.29) is 0 Å². The van der Waals surface area contributed by atoms with E-state index in [9.17, 15) is 9.90 Å². The summed E-state index contributed by atoms with van der Waals surface area (Å²) in [7, 11) is 0. The van der Waals surface area contributed by atoms with Gasteiger partial charge < -0.3 is 5.11 Å². The van der Waals surface area contributed by atoms with E-state index in [1.165, 1.54) is 0 Å². The maximum Gasteiger partial charge on any atom is 0.324 e. The summed E-state index contributed by atoms with van der Waals surface area (Å²) in [6.45, 7) is 5.98. The van der Waals surface area contributed by atoms with E-state index in [1.807, 2.05) is 37.3 Å². The van der Waals surface area contributed by atoms with Crippen LogP contribution < -0.4 is 5.32 Å². The van der Waals surface area contributed by atoms with Crippen LogP contribution in [0.15, 0.2) is 43.0 Å². The van der Waals surface area contributed by atoms with Gasteiger partial charge >= 0.3 is 5.97 Å². The van der Waals surface area contributed by atoms with E-state index in [4.69, 9.17) is 0 Å². The monoisotopic (exact) mass is 233 g/mol. The van der Waals surface area contributed by atoms with Crippen molar-refractivity contribution < 1.29 is 9.90 Å². The van der Waals surface area contributed by atoms with Gasteiger partial charge in [0, 0.05) is 13.0 Å². The minimum absolute atomic E-state index is 0.480. The standard InChI is InChI=1S/C14H19NO2/c1-3-10-15-14(4-2,13(16)17)11-12-8-6-5-7-9-12/h3,5-9,15H,1,4,10-11H2,2H3,(H,16,17). The lowest BCUT2D eigenvalue weighted by atomic mass is 9.88. The fraction of sp³-hybridized carbons (Fsp3) is 0.357. The zero-order valence-electron chi connectivity index (χ0n) is 10.1. The van der Waals surface area contributed by atoms with Crippen LogP contribution in [0.3, 0.4) is 0 Å². The van der Waals surface area contributed by atoms with Gasteiger partial charge in [0.2, 0.25) is 0 Å². The Kier molecular flexibility index (Phi) is 4.91. The molecule has 1 aromatic rings. The lowest BCUT2D eigenvalue weighted by molar-refractivity contribution is -0.145. The molecule has 92 valence electrons. The Balaban J connectivity index is 2.89. The average Bonchev–Trinajstić information content (AvgIpc) is 2.35. The first-order valence-electron chi connectivity index (χ1n) is 5.78. The van der Waals surface area contributed by atoms with Gasteiger partial charge in [0.05, 0.1) is 0 Å². The molecule has 1 rings (SSSR count). The van der Waals surface area contributed by atoms with Gasteiger partial charge in [0.1, 0.15) is 5.54 Å². The van der Waals surface area contributed by atoms with Crippen LogP contribution in [0, 0.1) is 0 Å². The predicted molar refractivity (Wildman–Crippen MR) is 69.0 cm³/mol. The highest BCUT2D eigenvalue weighted by Crippen LogP contribution is 2.18. The fourth-order valence-corrected chi connectivity index (χ4v) is 1.83. The maximum atomic E-state index is 11.5. The van der Waals surface area contributed by atoms with Crippen molar-refractivity contribution in [3.63, 3.8) is 0 Å². The Bertz CT molecular complexity index is 375. The molecule has 0 bridgehead atoms. The van der Waals surface area contributed by atoms with Crippen molar-refractivity contribution in [3.05, 3.63) is 48.6 Å². The minimum atomic E-state index is -0.907. The van der Waals surface area contributed by atoms with Gasteiger partial charge in [-0.25, -0.2) is 0 Å². The second-order valence-electron chi connectivity index (χ2n) is 4.07. The molecule has 0 heterocycles. The van der Waals surface area contributed by atoms with Crippen molar-refractivity contribution in [2.24, 2.45) is 0 Å². The zero-order valence-corrected chi connectivity index (χ0v) is 10.1. The summed E-state index contributed by atoms with van der Waals surface area (Å²) in [6, 6.07) is 9.66. The first-order chi connectivity index (χ1) is 8.14. The van der Waals surface area contributed by atoms with Gasteiger partial charge in [0.25, 0.3) is 0 Å². The average molecular weight is 233 g/mol. The van der Waals surface area contributed by atoms with Crippen molar-refractivity contribution in [2.75, 3.05) is 6.54 Å². The minimum Gasteiger partial charge on any atom is -0.480 e. The maximum absolute atomic E-state index is 11.5. The van der Waals surface area contributed by atoms with Crippen LogP contribution in [-0.4, -0.2) is 23.2 Å². The molecule has 0 radical (unpaired) electrons. The van der Waals surface area contributed by atoms with Crippen molar-refractivity contribution in [3.8, 4) is 0 Å². The van der Waals surface area contributed by atoms with Crippen molar-refractivity contribution >= 4 is 5.97 Å². The van der Waals surface area contributed by atoms with Crippen LogP contribution in [0.4, 0.5) is 0 Å². The molecule has 3 nitrogen and oxygen atoms in total. The SMILES string of the molecule is C=CCNC(CC)(Cc1ccccc1)C(=O)O. The van der Waals surface area contributed by atoms with Gasteiger partial charge in [0.15, 0.2) is 0 Å². The third-order valence-electron chi connectivity index (χ3n) is 2.95. The van der Waals surface area contributed by atoms with Crippen molar-refractivity contribution in [2.45, 2.75) is 25.3 Å². The molecule has 0 spiro atoms. The largest absolute Gasteiger partial charge is 0.480 e. The lowest BCUT2D eigenvalue weighted by Gasteiger charge is -2.29. The van der Waals surface area contributed by atoms with Gasteiger partial charge in [-0.05, 0) is 12.0 Å². The van der Waals surface area contributed by atoms with Gasteiger partial charge in [-0.3, -0.25) is 10.1 Å². The molecule has 3 heteroatoms. The summed E-state index contributed by atoms with van der Waals surface area (Å²) >= 11 is 0. The molecule has 0 saturated heterocycles. The number of carboxylic acid groups (broad SMARTS) is 1. The molecule has 17 heavy (non-hydrogen) atoms. The number of hydrogen-bond acceptors (Lipinski definition) is 2. The Hall–Kier alpha value is -1.61. The van der Waals surface area contributed by atoms with Crippen LogP contribution in [0.2, 0.25) is 0 Å². The molecule has 0 aromatic heterocycles. The van der Waals surface area contributed by atoms with Crippen LogP contribution in [0.25, 0.3) is 0 Å². The molecule has 0 fully saturated rings. The number of carbonyl (C=O) groups is 1. The van der Waals surface area contributed by atoms with Crippen LogP contribution in [0.1, 0.15) is 18.9 Å². The van der Waals surface area contributed by atoms with Crippen molar-refractivity contribution in [1.29, 1.82) is 0 Å². The lowest BCUT2D eigenvalue weighted by Crippen LogP contribution is -2.53. The van der Waals surface area contributed by atoms with Crippen LogP contribution in [-0.2, 0) is 11.2 Å². The summed E-state index contributed by atoms with van der Waals surface area (Å²) in [5.41, 5.74) is 0.114. The number of nitrogens with one attached hydrogen (secondary N) is 1. The van der Waals surface area contributed by atoms with E-state index in [2.05, 4.69) is 11.9 Å². The second-order valence-corrected chi connectivity index (χ2v) is 4.07.